The second-order valence-corrected chi connectivity index (χ2v) is 7.29. The number of unbranched alkanes of at least 4 members (excludes halogenated alkanes) is 1. The Morgan fingerprint density at radius 3 is 1.71 bits per heavy atom. The molecule has 0 aliphatic carbocycles. The summed E-state index contributed by atoms with van der Waals surface area (Å²) < 4.78 is 4.66. The molecule has 0 aromatic heterocycles. The van der Waals surface area contributed by atoms with Crippen LogP contribution in [-0.2, 0) is 9.53 Å². The molecule has 0 aliphatic rings. The summed E-state index contributed by atoms with van der Waals surface area (Å²) in [5.74, 6) is 2.46. The zero-order valence-corrected chi connectivity index (χ0v) is 15.1. The Bertz CT molecular complexity index is 248. The van der Waals surface area contributed by atoms with Crippen LogP contribution in [0.1, 0.15) is 91.9 Å². The Balaban J connectivity index is 3.43. The zero-order valence-electron chi connectivity index (χ0n) is 15.1. The summed E-state index contributed by atoms with van der Waals surface area (Å²) in [6.45, 7) is 9.38. The summed E-state index contributed by atoms with van der Waals surface area (Å²) in [6, 6.07) is 0. The molecule has 2 atom stereocenters. The summed E-state index contributed by atoms with van der Waals surface area (Å²) in [6.07, 6.45) is 12.2. The normalized spacial score (nSPS) is 14.2. The maximum Gasteiger partial charge on any atom is 0.305 e. The van der Waals surface area contributed by atoms with Crippen molar-refractivity contribution in [3.63, 3.8) is 0 Å². The Hall–Kier alpha value is -0.530. The molecule has 0 saturated heterocycles. The Morgan fingerprint density at radius 2 is 1.24 bits per heavy atom. The van der Waals surface area contributed by atoms with Gasteiger partial charge >= 0.3 is 5.97 Å². The van der Waals surface area contributed by atoms with Gasteiger partial charge in [-0.2, -0.15) is 0 Å². The van der Waals surface area contributed by atoms with Crippen LogP contribution in [-0.4, -0.2) is 13.1 Å². The number of methoxy groups -OCH3 is 1. The molecule has 126 valence electrons. The van der Waals surface area contributed by atoms with Crippen LogP contribution >= 0.6 is 0 Å². The number of hydrogen-bond donors (Lipinski definition) is 0. The van der Waals surface area contributed by atoms with Gasteiger partial charge in [-0.3, -0.25) is 4.79 Å². The number of hydrogen-bond acceptors (Lipinski definition) is 2. The second-order valence-electron chi connectivity index (χ2n) is 7.29. The molecule has 0 unspecified atom stereocenters. The summed E-state index contributed by atoms with van der Waals surface area (Å²) >= 11 is 0. The van der Waals surface area contributed by atoms with Crippen molar-refractivity contribution < 1.29 is 9.53 Å². The minimum Gasteiger partial charge on any atom is -0.469 e. The molecule has 2 nitrogen and oxygen atoms in total. The van der Waals surface area contributed by atoms with Crippen molar-refractivity contribution in [3.05, 3.63) is 0 Å². The molecular weight excluding hydrogens is 260 g/mol. The van der Waals surface area contributed by atoms with Crippen LogP contribution in [0.5, 0.6) is 0 Å². The summed E-state index contributed by atoms with van der Waals surface area (Å²) in [5.41, 5.74) is 0. The van der Waals surface area contributed by atoms with E-state index in [4.69, 9.17) is 0 Å². The van der Waals surface area contributed by atoms with Gasteiger partial charge in [-0.15, -0.1) is 0 Å². The van der Waals surface area contributed by atoms with Crippen LogP contribution < -0.4 is 0 Å². The van der Waals surface area contributed by atoms with Crippen molar-refractivity contribution in [2.45, 2.75) is 91.9 Å². The molecule has 0 spiro atoms. The van der Waals surface area contributed by atoms with Crippen LogP contribution in [0.3, 0.4) is 0 Å². The van der Waals surface area contributed by atoms with Gasteiger partial charge in [-0.05, 0) is 24.2 Å². The van der Waals surface area contributed by atoms with Crippen molar-refractivity contribution >= 4 is 5.97 Å². The standard InChI is InChI=1S/C19H38O2/c1-16(2)10-8-12-18(4)14-9-13-17(3)11-6-7-15-19(20)21-5/h16-18H,6-15H2,1-5H3/t17-,18+/m0/s1. The predicted octanol–water partition coefficient (Wildman–Crippen LogP) is 5.99. The van der Waals surface area contributed by atoms with E-state index in [1.165, 1.54) is 52.1 Å². The fourth-order valence-corrected chi connectivity index (χ4v) is 2.84. The van der Waals surface area contributed by atoms with Gasteiger partial charge in [0.25, 0.3) is 0 Å². The van der Waals surface area contributed by atoms with Crippen molar-refractivity contribution in [2.75, 3.05) is 7.11 Å². The van der Waals surface area contributed by atoms with E-state index in [9.17, 15) is 4.79 Å². The number of carbonyl (C=O) groups is 1. The molecule has 0 heterocycles. The van der Waals surface area contributed by atoms with Gasteiger partial charge in [0.15, 0.2) is 0 Å². The minimum absolute atomic E-state index is 0.0714. The van der Waals surface area contributed by atoms with Gasteiger partial charge in [-0.25, -0.2) is 0 Å². The monoisotopic (exact) mass is 298 g/mol. The fourth-order valence-electron chi connectivity index (χ4n) is 2.84. The van der Waals surface area contributed by atoms with Gasteiger partial charge < -0.3 is 4.74 Å². The number of esters is 1. The molecule has 0 fully saturated rings. The number of ether oxygens (including phenoxy) is 1. The molecule has 0 aromatic rings. The van der Waals surface area contributed by atoms with E-state index in [1.54, 1.807) is 0 Å². The van der Waals surface area contributed by atoms with E-state index in [0.29, 0.717) is 6.42 Å². The SMILES string of the molecule is COC(=O)CCCC[C@H](C)CCC[C@H](C)CCCC(C)C. The lowest BCUT2D eigenvalue weighted by Crippen LogP contribution is -2.02. The lowest BCUT2D eigenvalue weighted by Gasteiger charge is -2.15. The zero-order chi connectivity index (χ0) is 16.1. The first-order chi connectivity index (χ1) is 9.95. The Morgan fingerprint density at radius 1 is 0.762 bits per heavy atom. The molecule has 2 heteroatoms. The third-order valence-electron chi connectivity index (χ3n) is 4.43. The van der Waals surface area contributed by atoms with Crippen LogP contribution in [0.2, 0.25) is 0 Å². The van der Waals surface area contributed by atoms with Gasteiger partial charge in [0.2, 0.25) is 0 Å². The molecule has 0 N–H and O–H groups in total. The molecule has 21 heavy (non-hydrogen) atoms. The van der Waals surface area contributed by atoms with E-state index in [1.807, 2.05) is 0 Å². The molecule has 0 saturated carbocycles. The molecular formula is C19H38O2. The average Bonchev–Trinajstić information content (AvgIpc) is 2.42. The van der Waals surface area contributed by atoms with Crippen molar-refractivity contribution in [1.82, 2.24) is 0 Å². The van der Waals surface area contributed by atoms with Crippen LogP contribution in [0.15, 0.2) is 0 Å². The highest BCUT2D eigenvalue weighted by Crippen LogP contribution is 2.21. The first kappa shape index (κ1) is 20.5. The largest absolute Gasteiger partial charge is 0.469 e. The first-order valence-corrected chi connectivity index (χ1v) is 9.02. The van der Waals surface area contributed by atoms with E-state index < -0.39 is 0 Å². The van der Waals surface area contributed by atoms with E-state index in [0.717, 1.165) is 30.6 Å². The van der Waals surface area contributed by atoms with Crippen molar-refractivity contribution in [1.29, 1.82) is 0 Å². The van der Waals surface area contributed by atoms with Gasteiger partial charge in [0.1, 0.15) is 0 Å². The van der Waals surface area contributed by atoms with Crippen LogP contribution in [0, 0.1) is 17.8 Å². The van der Waals surface area contributed by atoms with Gasteiger partial charge in [0, 0.05) is 6.42 Å². The fraction of sp³-hybridized carbons (Fsp3) is 0.947. The maximum atomic E-state index is 11.0. The Labute approximate surface area is 133 Å². The summed E-state index contributed by atoms with van der Waals surface area (Å²) in [4.78, 5) is 11.0. The van der Waals surface area contributed by atoms with E-state index in [2.05, 4.69) is 32.4 Å². The maximum absolute atomic E-state index is 11.0. The second kappa shape index (κ2) is 13.2. The summed E-state index contributed by atoms with van der Waals surface area (Å²) in [5, 5.41) is 0. The van der Waals surface area contributed by atoms with Gasteiger partial charge in [0.05, 0.1) is 7.11 Å². The van der Waals surface area contributed by atoms with E-state index in [-0.39, 0.29) is 5.97 Å². The van der Waals surface area contributed by atoms with E-state index >= 15 is 0 Å². The predicted molar refractivity (Wildman–Crippen MR) is 91.4 cm³/mol. The van der Waals surface area contributed by atoms with Crippen molar-refractivity contribution in [2.24, 2.45) is 17.8 Å². The average molecular weight is 299 g/mol. The first-order valence-electron chi connectivity index (χ1n) is 9.02. The Kier molecular flexibility index (Phi) is 12.8. The van der Waals surface area contributed by atoms with Gasteiger partial charge in [-0.1, -0.05) is 79.1 Å². The number of carbonyl (C=O) groups excluding carboxylic acids is 1. The van der Waals surface area contributed by atoms with Crippen LogP contribution in [0.25, 0.3) is 0 Å². The topological polar surface area (TPSA) is 26.3 Å². The third-order valence-corrected chi connectivity index (χ3v) is 4.43. The molecule has 0 bridgehead atoms. The highest BCUT2D eigenvalue weighted by molar-refractivity contribution is 5.68. The summed E-state index contributed by atoms with van der Waals surface area (Å²) in [7, 11) is 1.47. The van der Waals surface area contributed by atoms with Crippen molar-refractivity contribution in [3.8, 4) is 0 Å². The molecule has 0 radical (unpaired) electrons. The van der Waals surface area contributed by atoms with Crippen LogP contribution in [0.4, 0.5) is 0 Å². The highest BCUT2D eigenvalue weighted by atomic mass is 16.5. The smallest absolute Gasteiger partial charge is 0.305 e. The quantitative estimate of drug-likeness (QED) is 0.308. The molecule has 0 rings (SSSR count). The molecule has 0 amide bonds. The number of rotatable bonds is 13. The molecule has 0 aliphatic heterocycles. The minimum atomic E-state index is -0.0714. The highest BCUT2D eigenvalue weighted by Gasteiger charge is 2.07. The molecule has 0 aromatic carbocycles. The third kappa shape index (κ3) is 14.2. The lowest BCUT2D eigenvalue weighted by molar-refractivity contribution is -0.140. The lowest BCUT2D eigenvalue weighted by atomic mass is 9.92.